The van der Waals surface area contributed by atoms with Gasteiger partial charge in [-0.2, -0.15) is 0 Å². The van der Waals surface area contributed by atoms with E-state index in [1.54, 1.807) is 0 Å². The van der Waals surface area contributed by atoms with Crippen molar-refractivity contribution in [3.8, 4) is 0 Å². The summed E-state index contributed by atoms with van der Waals surface area (Å²) in [6.45, 7) is 7.34. The number of nitrogens with zero attached hydrogens (tertiary/aromatic N) is 1. The summed E-state index contributed by atoms with van der Waals surface area (Å²) in [4.78, 5) is 2.70. The Morgan fingerprint density at radius 2 is 2.19 bits per heavy atom. The van der Waals surface area contributed by atoms with Crippen LogP contribution in [0.5, 0.6) is 0 Å². The van der Waals surface area contributed by atoms with Gasteiger partial charge in [0.15, 0.2) is 0 Å². The molecule has 2 aliphatic rings. The van der Waals surface area contributed by atoms with Crippen LogP contribution in [-0.4, -0.2) is 36.1 Å². The zero-order chi connectivity index (χ0) is 11.4. The molecule has 0 aromatic heterocycles. The normalized spacial score (nSPS) is 32.6. The lowest BCUT2D eigenvalue weighted by molar-refractivity contribution is 0.161. The van der Waals surface area contributed by atoms with Gasteiger partial charge < -0.3 is 10.2 Å². The van der Waals surface area contributed by atoms with Crippen LogP contribution >= 0.6 is 0 Å². The fourth-order valence-electron chi connectivity index (χ4n) is 3.37. The highest BCUT2D eigenvalue weighted by atomic mass is 15.2. The summed E-state index contributed by atoms with van der Waals surface area (Å²) in [7, 11) is 0. The maximum absolute atomic E-state index is 3.84. The fraction of sp³-hybridized carbons (Fsp3) is 1.00. The summed E-state index contributed by atoms with van der Waals surface area (Å²) >= 11 is 0. The van der Waals surface area contributed by atoms with Crippen LogP contribution in [0, 0.1) is 0 Å². The van der Waals surface area contributed by atoms with E-state index in [1.807, 2.05) is 0 Å². The number of rotatable bonds is 5. The van der Waals surface area contributed by atoms with Crippen molar-refractivity contribution in [2.75, 3.05) is 13.1 Å². The minimum atomic E-state index is 0.720. The van der Waals surface area contributed by atoms with Crippen LogP contribution in [0.15, 0.2) is 0 Å². The third kappa shape index (κ3) is 3.21. The maximum atomic E-state index is 3.84. The van der Waals surface area contributed by atoms with Gasteiger partial charge in [-0.15, -0.1) is 0 Å². The van der Waals surface area contributed by atoms with Crippen molar-refractivity contribution in [2.24, 2.45) is 0 Å². The Morgan fingerprint density at radius 1 is 1.31 bits per heavy atom. The van der Waals surface area contributed by atoms with Crippen molar-refractivity contribution in [1.29, 1.82) is 0 Å². The Kier molecular flexibility index (Phi) is 4.66. The van der Waals surface area contributed by atoms with E-state index < -0.39 is 0 Å². The molecule has 0 bridgehead atoms. The predicted octanol–water partition coefficient (Wildman–Crippen LogP) is 2.78. The Bertz CT molecular complexity index is 205. The van der Waals surface area contributed by atoms with Gasteiger partial charge in [-0.1, -0.05) is 19.8 Å². The van der Waals surface area contributed by atoms with Crippen molar-refractivity contribution in [3.05, 3.63) is 0 Å². The lowest BCUT2D eigenvalue weighted by Gasteiger charge is -2.36. The number of hydrogen-bond acceptors (Lipinski definition) is 2. The molecule has 0 amide bonds. The summed E-state index contributed by atoms with van der Waals surface area (Å²) in [5.41, 5.74) is 0. The molecular formula is C14H28N2. The van der Waals surface area contributed by atoms with E-state index in [4.69, 9.17) is 0 Å². The average Bonchev–Trinajstić information content (AvgIpc) is 2.73. The number of piperidine rings is 1. The third-order valence-corrected chi connectivity index (χ3v) is 4.33. The molecule has 0 radical (unpaired) electrons. The molecule has 94 valence electrons. The Hall–Kier alpha value is -0.0800. The molecule has 0 aromatic rings. The van der Waals surface area contributed by atoms with Crippen LogP contribution in [0.4, 0.5) is 0 Å². The fourth-order valence-corrected chi connectivity index (χ4v) is 3.37. The first-order valence-electron chi connectivity index (χ1n) is 7.29. The zero-order valence-electron chi connectivity index (χ0n) is 11.0. The Morgan fingerprint density at radius 3 is 3.00 bits per heavy atom. The van der Waals surface area contributed by atoms with E-state index in [0.717, 1.165) is 18.1 Å². The van der Waals surface area contributed by atoms with E-state index in [0.29, 0.717) is 0 Å². The minimum Gasteiger partial charge on any atom is -0.311 e. The Balaban J connectivity index is 1.70. The molecule has 2 aliphatic heterocycles. The number of unbranched alkanes of at least 4 members (excludes halogenated alkanes) is 1. The van der Waals surface area contributed by atoms with Gasteiger partial charge in [0.25, 0.3) is 0 Å². The second-order valence-corrected chi connectivity index (χ2v) is 5.76. The topological polar surface area (TPSA) is 15.3 Å². The van der Waals surface area contributed by atoms with Crippen LogP contribution in [0.25, 0.3) is 0 Å². The highest BCUT2D eigenvalue weighted by Gasteiger charge is 2.31. The molecule has 0 aromatic carbocycles. The molecule has 1 N–H and O–H groups in total. The molecule has 0 saturated carbocycles. The lowest BCUT2D eigenvalue weighted by Crippen LogP contribution is -2.48. The van der Waals surface area contributed by atoms with Crippen molar-refractivity contribution in [2.45, 2.75) is 76.9 Å². The molecule has 2 heterocycles. The van der Waals surface area contributed by atoms with E-state index in [9.17, 15) is 0 Å². The highest BCUT2D eigenvalue weighted by molar-refractivity contribution is 4.89. The molecule has 0 spiro atoms. The highest BCUT2D eigenvalue weighted by Crippen LogP contribution is 2.27. The lowest BCUT2D eigenvalue weighted by atomic mass is 9.96. The standard InChI is InChI=1S/C14H28N2/c1-3-4-6-12(2)15-13-8-10-16-9-5-7-14(16)11-13/h12-15H,3-11H2,1-2H3. The van der Waals surface area contributed by atoms with Gasteiger partial charge >= 0.3 is 0 Å². The van der Waals surface area contributed by atoms with Crippen molar-refractivity contribution in [3.63, 3.8) is 0 Å². The molecule has 3 unspecified atom stereocenters. The molecule has 2 rings (SSSR count). The van der Waals surface area contributed by atoms with Gasteiger partial charge in [0.05, 0.1) is 0 Å². The van der Waals surface area contributed by atoms with Gasteiger partial charge in [-0.05, 0) is 52.1 Å². The quantitative estimate of drug-likeness (QED) is 0.772. The second kappa shape index (κ2) is 6.02. The van der Waals surface area contributed by atoms with Crippen molar-refractivity contribution < 1.29 is 0 Å². The first-order valence-corrected chi connectivity index (χ1v) is 7.29. The van der Waals surface area contributed by atoms with Crippen LogP contribution < -0.4 is 5.32 Å². The molecule has 2 saturated heterocycles. The van der Waals surface area contributed by atoms with E-state index in [-0.39, 0.29) is 0 Å². The van der Waals surface area contributed by atoms with Crippen LogP contribution in [0.1, 0.15) is 58.8 Å². The predicted molar refractivity (Wildman–Crippen MR) is 69.7 cm³/mol. The monoisotopic (exact) mass is 224 g/mol. The van der Waals surface area contributed by atoms with Crippen LogP contribution in [0.2, 0.25) is 0 Å². The molecule has 0 aliphatic carbocycles. The van der Waals surface area contributed by atoms with Gasteiger partial charge in [0.1, 0.15) is 0 Å². The summed E-state index contributed by atoms with van der Waals surface area (Å²) in [6, 6.07) is 2.42. The van der Waals surface area contributed by atoms with Crippen molar-refractivity contribution in [1.82, 2.24) is 10.2 Å². The molecule has 2 nitrogen and oxygen atoms in total. The Labute approximate surface area is 101 Å². The third-order valence-electron chi connectivity index (χ3n) is 4.33. The molecular weight excluding hydrogens is 196 g/mol. The van der Waals surface area contributed by atoms with Crippen LogP contribution in [0.3, 0.4) is 0 Å². The van der Waals surface area contributed by atoms with E-state index >= 15 is 0 Å². The van der Waals surface area contributed by atoms with E-state index in [2.05, 4.69) is 24.1 Å². The van der Waals surface area contributed by atoms with Crippen LogP contribution in [-0.2, 0) is 0 Å². The van der Waals surface area contributed by atoms with Gasteiger partial charge in [-0.25, -0.2) is 0 Å². The van der Waals surface area contributed by atoms with Gasteiger partial charge in [0, 0.05) is 18.1 Å². The number of nitrogens with one attached hydrogen (secondary N) is 1. The minimum absolute atomic E-state index is 0.720. The smallest absolute Gasteiger partial charge is 0.0111 e. The molecule has 3 atom stereocenters. The summed E-state index contributed by atoms with van der Waals surface area (Å²) < 4.78 is 0. The maximum Gasteiger partial charge on any atom is 0.0111 e. The van der Waals surface area contributed by atoms with Gasteiger partial charge in [0.2, 0.25) is 0 Å². The SMILES string of the molecule is CCCCC(C)NC1CCN2CCCC2C1. The number of fused-ring (bicyclic) bond motifs is 1. The van der Waals surface area contributed by atoms with Crippen molar-refractivity contribution >= 4 is 0 Å². The molecule has 16 heavy (non-hydrogen) atoms. The number of hydrogen-bond donors (Lipinski definition) is 1. The molecule has 2 heteroatoms. The zero-order valence-corrected chi connectivity index (χ0v) is 11.0. The first-order chi connectivity index (χ1) is 7.79. The second-order valence-electron chi connectivity index (χ2n) is 5.76. The summed E-state index contributed by atoms with van der Waals surface area (Å²) in [5, 5.41) is 3.84. The largest absolute Gasteiger partial charge is 0.311 e. The molecule has 2 fully saturated rings. The summed E-state index contributed by atoms with van der Waals surface area (Å²) in [5.74, 6) is 0. The first kappa shape index (κ1) is 12.4. The average molecular weight is 224 g/mol. The summed E-state index contributed by atoms with van der Waals surface area (Å²) in [6.07, 6.45) is 9.69. The van der Waals surface area contributed by atoms with E-state index in [1.165, 1.54) is 58.0 Å². The van der Waals surface area contributed by atoms with Gasteiger partial charge in [-0.3, -0.25) is 0 Å².